The van der Waals surface area contributed by atoms with Gasteiger partial charge in [0.05, 0.1) is 19.8 Å². The molecule has 0 spiro atoms. The minimum Gasteiger partial charge on any atom is -0.493 e. The number of nitrogens with zero attached hydrogens (tertiary/aromatic N) is 1. The van der Waals surface area contributed by atoms with Crippen LogP contribution in [0.25, 0.3) is 0 Å². The van der Waals surface area contributed by atoms with Gasteiger partial charge in [-0.05, 0) is 37.1 Å². The summed E-state index contributed by atoms with van der Waals surface area (Å²) in [4.78, 5) is 0. The van der Waals surface area contributed by atoms with Crippen LogP contribution in [0.1, 0.15) is 18.4 Å². The number of benzene rings is 1. The summed E-state index contributed by atoms with van der Waals surface area (Å²) in [6, 6.07) is 7.89. The van der Waals surface area contributed by atoms with E-state index < -0.39 is 0 Å². The molecule has 0 radical (unpaired) electrons. The van der Waals surface area contributed by atoms with Crippen LogP contribution in [0, 0.1) is 11.3 Å². The second kappa shape index (κ2) is 7.53. The Morgan fingerprint density at radius 2 is 2.18 bits per heavy atom. The smallest absolute Gasteiger partial charge is 0.161 e. The van der Waals surface area contributed by atoms with E-state index in [9.17, 15) is 0 Å². The molecule has 4 nitrogen and oxygen atoms in total. The standard InChI is InChI=1S/C13H18N2O2/c1-16-12-5-4-11(6-8-15)10-13(12)17-9-3-2-7-14/h4-5,10H,2-3,6,8-9,15H2,1H3. The van der Waals surface area contributed by atoms with Crippen molar-refractivity contribution in [2.24, 2.45) is 5.73 Å². The van der Waals surface area contributed by atoms with E-state index in [1.54, 1.807) is 7.11 Å². The molecule has 0 aliphatic heterocycles. The fraction of sp³-hybridized carbons (Fsp3) is 0.462. The zero-order valence-electron chi connectivity index (χ0n) is 10.1. The summed E-state index contributed by atoms with van der Waals surface area (Å²) in [6.45, 7) is 1.14. The van der Waals surface area contributed by atoms with E-state index in [1.807, 2.05) is 18.2 Å². The van der Waals surface area contributed by atoms with Crippen LogP contribution in [0.15, 0.2) is 18.2 Å². The molecular weight excluding hydrogens is 216 g/mol. The summed E-state index contributed by atoms with van der Waals surface area (Å²) in [5.41, 5.74) is 6.64. The number of hydrogen-bond donors (Lipinski definition) is 1. The highest BCUT2D eigenvalue weighted by Crippen LogP contribution is 2.28. The molecule has 1 aromatic carbocycles. The highest BCUT2D eigenvalue weighted by Gasteiger charge is 2.05. The maximum absolute atomic E-state index is 8.43. The highest BCUT2D eigenvalue weighted by atomic mass is 16.5. The lowest BCUT2D eigenvalue weighted by Gasteiger charge is -2.11. The Morgan fingerprint density at radius 1 is 1.35 bits per heavy atom. The van der Waals surface area contributed by atoms with Crippen LogP contribution in [0.2, 0.25) is 0 Å². The molecule has 17 heavy (non-hydrogen) atoms. The quantitative estimate of drug-likeness (QED) is 0.731. The molecule has 0 saturated heterocycles. The fourth-order valence-electron chi connectivity index (χ4n) is 1.49. The second-order valence-electron chi connectivity index (χ2n) is 3.63. The number of methoxy groups -OCH3 is 1. The maximum Gasteiger partial charge on any atom is 0.161 e. The third-order valence-electron chi connectivity index (χ3n) is 2.35. The number of nitriles is 1. The average molecular weight is 234 g/mol. The van der Waals surface area contributed by atoms with Crippen molar-refractivity contribution < 1.29 is 9.47 Å². The van der Waals surface area contributed by atoms with Crippen LogP contribution in [0.4, 0.5) is 0 Å². The SMILES string of the molecule is COc1ccc(CCN)cc1OCCCC#N. The first-order valence-corrected chi connectivity index (χ1v) is 5.68. The predicted molar refractivity (Wildman–Crippen MR) is 66.1 cm³/mol. The van der Waals surface area contributed by atoms with Gasteiger partial charge in [0.1, 0.15) is 0 Å². The molecule has 0 amide bonds. The van der Waals surface area contributed by atoms with Crippen molar-refractivity contribution in [3.8, 4) is 17.6 Å². The molecule has 1 rings (SSSR count). The summed E-state index contributed by atoms with van der Waals surface area (Å²) in [6.07, 6.45) is 2.05. The van der Waals surface area contributed by atoms with Crippen molar-refractivity contribution in [2.75, 3.05) is 20.3 Å². The molecule has 2 N–H and O–H groups in total. The van der Waals surface area contributed by atoms with Gasteiger partial charge in [-0.15, -0.1) is 0 Å². The first-order chi connectivity index (χ1) is 8.31. The summed E-state index contributed by atoms with van der Waals surface area (Å²) in [5, 5.41) is 8.43. The van der Waals surface area contributed by atoms with Gasteiger partial charge in [0, 0.05) is 6.42 Å². The molecule has 0 heterocycles. The molecule has 0 bridgehead atoms. The van der Waals surface area contributed by atoms with Crippen molar-refractivity contribution >= 4 is 0 Å². The van der Waals surface area contributed by atoms with Crippen LogP contribution in [0.5, 0.6) is 11.5 Å². The van der Waals surface area contributed by atoms with Crippen molar-refractivity contribution in [2.45, 2.75) is 19.3 Å². The summed E-state index contributed by atoms with van der Waals surface area (Å²) in [7, 11) is 1.61. The summed E-state index contributed by atoms with van der Waals surface area (Å²) < 4.78 is 10.8. The van der Waals surface area contributed by atoms with Gasteiger partial charge >= 0.3 is 0 Å². The minimum absolute atomic E-state index is 0.505. The Hall–Kier alpha value is -1.73. The van der Waals surface area contributed by atoms with E-state index >= 15 is 0 Å². The van der Waals surface area contributed by atoms with Crippen molar-refractivity contribution in [1.29, 1.82) is 5.26 Å². The molecule has 4 heteroatoms. The molecule has 0 fully saturated rings. The lowest BCUT2D eigenvalue weighted by molar-refractivity contribution is 0.290. The second-order valence-corrected chi connectivity index (χ2v) is 3.63. The van der Waals surface area contributed by atoms with E-state index in [4.69, 9.17) is 20.5 Å². The van der Waals surface area contributed by atoms with Crippen LogP contribution in [-0.4, -0.2) is 20.3 Å². The van der Waals surface area contributed by atoms with Gasteiger partial charge in [-0.25, -0.2) is 0 Å². The summed E-state index contributed by atoms with van der Waals surface area (Å²) in [5.74, 6) is 1.43. The number of ether oxygens (including phenoxy) is 2. The van der Waals surface area contributed by atoms with Gasteiger partial charge in [-0.3, -0.25) is 0 Å². The third kappa shape index (κ3) is 4.33. The molecule has 0 aliphatic rings. The number of nitrogens with two attached hydrogens (primary N) is 1. The van der Waals surface area contributed by atoms with Crippen LogP contribution >= 0.6 is 0 Å². The summed E-state index contributed by atoms with van der Waals surface area (Å²) >= 11 is 0. The van der Waals surface area contributed by atoms with E-state index in [-0.39, 0.29) is 0 Å². The van der Waals surface area contributed by atoms with Gasteiger partial charge in [0.25, 0.3) is 0 Å². The van der Waals surface area contributed by atoms with Gasteiger partial charge in [-0.2, -0.15) is 5.26 Å². The molecule has 0 aliphatic carbocycles. The van der Waals surface area contributed by atoms with E-state index in [0.29, 0.717) is 25.3 Å². The predicted octanol–water partition coefficient (Wildman–Crippen LogP) is 1.88. The Morgan fingerprint density at radius 3 is 2.82 bits per heavy atom. The monoisotopic (exact) mass is 234 g/mol. The topological polar surface area (TPSA) is 68.3 Å². The van der Waals surface area contributed by atoms with Crippen molar-refractivity contribution in [3.63, 3.8) is 0 Å². The lowest BCUT2D eigenvalue weighted by atomic mass is 10.1. The Kier molecular flexibility index (Phi) is 5.91. The van der Waals surface area contributed by atoms with Gasteiger partial charge in [0.2, 0.25) is 0 Å². The third-order valence-corrected chi connectivity index (χ3v) is 2.35. The molecule has 92 valence electrons. The molecule has 0 unspecified atom stereocenters. The lowest BCUT2D eigenvalue weighted by Crippen LogP contribution is -2.04. The van der Waals surface area contributed by atoms with Gasteiger partial charge < -0.3 is 15.2 Å². The highest BCUT2D eigenvalue weighted by molar-refractivity contribution is 5.43. The molecule has 0 aromatic heterocycles. The first-order valence-electron chi connectivity index (χ1n) is 5.68. The van der Waals surface area contributed by atoms with E-state index in [0.717, 1.165) is 24.2 Å². The molecular formula is C13H18N2O2. The Bertz CT molecular complexity index is 385. The molecule has 0 saturated carbocycles. The molecule has 0 atom stereocenters. The fourth-order valence-corrected chi connectivity index (χ4v) is 1.49. The Labute approximate surface area is 102 Å². The van der Waals surface area contributed by atoms with Crippen LogP contribution in [-0.2, 0) is 6.42 Å². The zero-order chi connectivity index (χ0) is 12.5. The number of rotatable bonds is 7. The van der Waals surface area contributed by atoms with Gasteiger partial charge in [-0.1, -0.05) is 6.07 Å². The van der Waals surface area contributed by atoms with Crippen LogP contribution in [0.3, 0.4) is 0 Å². The Balaban J connectivity index is 2.65. The largest absolute Gasteiger partial charge is 0.493 e. The zero-order valence-corrected chi connectivity index (χ0v) is 10.1. The van der Waals surface area contributed by atoms with E-state index in [1.165, 1.54) is 0 Å². The number of hydrogen-bond acceptors (Lipinski definition) is 4. The van der Waals surface area contributed by atoms with Crippen LogP contribution < -0.4 is 15.2 Å². The first kappa shape index (κ1) is 13.3. The molecule has 1 aromatic rings. The normalized spacial score (nSPS) is 9.71. The van der Waals surface area contributed by atoms with Crippen molar-refractivity contribution in [3.05, 3.63) is 23.8 Å². The van der Waals surface area contributed by atoms with Gasteiger partial charge in [0.15, 0.2) is 11.5 Å². The minimum atomic E-state index is 0.505. The maximum atomic E-state index is 8.43. The number of unbranched alkanes of at least 4 members (excludes halogenated alkanes) is 1. The average Bonchev–Trinajstić information content (AvgIpc) is 2.35. The van der Waals surface area contributed by atoms with E-state index in [2.05, 4.69) is 6.07 Å². The van der Waals surface area contributed by atoms with Crippen molar-refractivity contribution in [1.82, 2.24) is 0 Å².